The summed E-state index contributed by atoms with van der Waals surface area (Å²) in [4.78, 5) is 15.4. The molecule has 0 bridgehead atoms. The van der Waals surface area contributed by atoms with E-state index in [2.05, 4.69) is 70.2 Å². The number of pyridine rings is 1. The van der Waals surface area contributed by atoms with Gasteiger partial charge in [-0.3, -0.25) is 4.98 Å². The average Bonchev–Trinajstić information content (AvgIpc) is 2.86. The van der Waals surface area contributed by atoms with E-state index in [1.54, 1.807) is 6.92 Å². The van der Waals surface area contributed by atoms with Crippen LogP contribution in [0.4, 0.5) is 0 Å². The van der Waals surface area contributed by atoms with Crippen LogP contribution < -0.4 is 0 Å². The minimum atomic E-state index is 0.116. The number of rotatable bonds is 10. The number of nitrogens with zero attached hydrogens (tertiary/aromatic N) is 1. The van der Waals surface area contributed by atoms with E-state index in [1.165, 1.54) is 17.5 Å². The molecule has 0 spiro atoms. The summed E-state index contributed by atoms with van der Waals surface area (Å²) in [7, 11) is 0. The van der Waals surface area contributed by atoms with Crippen molar-refractivity contribution >= 4 is 5.78 Å². The Morgan fingerprint density at radius 2 is 1.41 bits per heavy atom. The number of aromatic nitrogens is 1. The smallest absolute Gasteiger partial charge is 0.130 e. The second kappa shape index (κ2) is 18.6. The summed E-state index contributed by atoms with van der Waals surface area (Å²) in [5, 5.41) is 0. The first-order valence-electron chi connectivity index (χ1n) is 12.7. The Bertz CT molecular complexity index is 894. The Hall–Kier alpha value is -2.78. The van der Waals surface area contributed by atoms with Crippen molar-refractivity contribution in [2.45, 2.75) is 79.2 Å². The van der Waals surface area contributed by atoms with E-state index in [9.17, 15) is 4.79 Å². The van der Waals surface area contributed by atoms with Gasteiger partial charge in [0.15, 0.2) is 0 Å². The molecule has 184 valence electrons. The van der Waals surface area contributed by atoms with Gasteiger partial charge >= 0.3 is 0 Å². The van der Waals surface area contributed by atoms with Gasteiger partial charge in [0, 0.05) is 25.1 Å². The molecule has 3 heteroatoms. The van der Waals surface area contributed by atoms with Crippen LogP contribution in [0, 0.1) is 0 Å². The molecule has 1 unspecified atom stereocenters. The summed E-state index contributed by atoms with van der Waals surface area (Å²) in [5.74, 6) is 0.258. The van der Waals surface area contributed by atoms with E-state index in [0.717, 1.165) is 43.7 Å². The number of aryl methyl sites for hydroxylation is 1. The normalized spacial score (nSPS) is 10.9. The molecule has 1 atom stereocenters. The van der Waals surface area contributed by atoms with Crippen LogP contribution in [0.5, 0.6) is 0 Å². The van der Waals surface area contributed by atoms with E-state index in [1.807, 2.05) is 36.4 Å². The fourth-order valence-corrected chi connectivity index (χ4v) is 3.22. The molecule has 3 rings (SSSR count). The quantitative estimate of drug-likeness (QED) is 0.305. The summed E-state index contributed by atoms with van der Waals surface area (Å²) in [6, 6.07) is 26.8. The Kier molecular flexibility index (Phi) is 16.0. The molecule has 0 aliphatic rings. The standard InChI is InChI=1S/C18H23NO.C10H12O.C3H8/c1-3-13-20-18(4-2)17-12-8-11-16(19-17)14-15-9-6-5-7-10-15;1-9(11)7-8-10-5-3-2-4-6-10;1-3-2/h5-12,18H,3-4,13-14H2,1-2H3;2-6H,7-8H2,1H3;3H2,1-2H3. The van der Waals surface area contributed by atoms with Crippen molar-refractivity contribution in [1.82, 2.24) is 4.98 Å². The molecule has 0 saturated carbocycles. The molecule has 0 radical (unpaired) electrons. The number of ether oxygens (including phenoxy) is 1. The van der Waals surface area contributed by atoms with Crippen LogP contribution in [-0.2, 0) is 22.4 Å². The molecule has 0 saturated heterocycles. The third-order valence-corrected chi connectivity index (χ3v) is 4.89. The number of benzene rings is 2. The zero-order chi connectivity index (χ0) is 25.0. The van der Waals surface area contributed by atoms with Gasteiger partial charge in [0.1, 0.15) is 5.78 Å². The van der Waals surface area contributed by atoms with E-state index in [0.29, 0.717) is 6.42 Å². The Morgan fingerprint density at radius 3 is 1.94 bits per heavy atom. The number of Topliss-reactive ketones (excluding diaryl/α,β-unsaturated/α-hetero) is 1. The second-order valence-electron chi connectivity index (χ2n) is 8.38. The van der Waals surface area contributed by atoms with Crippen LogP contribution in [0.15, 0.2) is 78.9 Å². The molecule has 0 amide bonds. The number of hydrogen-bond acceptors (Lipinski definition) is 3. The van der Waals surface area contributed by atoms with Crippen molar-refractivity contribution in [2.75, 3.05) is 6.61 Å². The largest absolute Gasteiger partial charge is 0.372 e. The maximum atomic E-state index is 10.6. The fraction of sp³-hybridized carbons (Fsp3) is 0.419. The molecule has 0 aliphatic heterocycles. The summed E-state index contributed by atoms with van der Waals surface area (Å²) in [6.07, 6.45) is 5.77. The average molecular weight is 462 g/mol. The lowest BCUT2D eigenvalue weighted by Crippen LogP contribution is -2.07. The van der Waals surface area contributed by atoms with Crippen molar-refractivity contribution in [3.05, 3.63) is 101 Å². The van der Waals surface area contributed by atoms with Gasteiger partial charge in [-0.15, -0.1) is 0 Å². The maximum absolute atomic E-state index is 10.6. The minimum Gasteiger partial charge on any atom is -0.372 e. The Labute approximate surface area is 207 Å². The lowest BCUT2D eigenvalue weighted by Gasteiger charge is -2.16. The highest BCUT2D eigenvalue weighted by molar-refractivity contribution is 5.75. The van der Waals surface area contributed by atoms with Gasteiger partial charge in [-0.25, -0.2) is 0 Å². The summed E-state index contributed by atoms with van der Waals surface area (Å²) < 4.78 is 5.87. The molecule has 0 aliphatic carbocycles. The summed E-state index contributed by atoms with van der Waals surface area (Å²) in [6.45, 7) is 10.9. The first kappa shape index (κ1) is 29.3. The van der Waals surface area contributed by atoms with Crippen molar-refractivity contribution in [3.8, 4) is 0 Å². The molecular weight excluding hydrogens is 418 g/mol. The zero-order valence-corrected chi connectivity index (χ0v) is 21.8. The number of carbonyl (C=O) groups excluding carboxylic acids is 1. The predicted octanol–water partition coefficient (Wildman–Crippen LogP) is 8.17. The van der Waals surface area contributed by atoms with E-state index < -0.39 is 0 Å². The monoisotopic (exact) mass is 461 g/mol. The molecule has 3 nitrogen and oxygen atoms in total. The summed E-state index contributed by atoms with van der Waals surface area (Å²) in [5.41, 5.74) is 4.68. The van der Waals surface area contributed by atoms with Crippen LogP contribution in [-0.4, -0.2) is 17.4 Å². The molecular formula is C31H43NO2. The van der Waals surface area contributed by atoms with E-state index in [4.69, 9.17) is 9.72 Å². The molecule has 0 fully saturated rings. The van der Waals surface area contributed by atoms with Gasteiger partial charge in [0.05, 0.1) is 11.8 Å². The van der Waals surface area contributed by atoms with Gasteiger partial charge in [-0.2, -0.15) is 0 Å². The van der Waals surface area contributed by atoms with Crippen molar-refractivity contribution < 1.29 is 9.53 Å². The maximum Gasteiger partial charge on any atom is 0.130 e. The lowest BCUT2D eigenvalue weighted by molar-refractivity contribution is -0.116. The van der Waals surface area contributed by atoms with Crippen LogP contribution in [0.1, 0.15) is 88.9 Å². The molecule has 1 heterocycles. The topological polar surface area (TPSA) is 39.2 Å². The van der Waals surface area contributed by atoms with Gasteiger partial charge in [-0.1, -0.05) is 101 Å². The number of carbonyl (C=O) groups is 1. The minimum absolute atomic E-state index is 0.116. The van der Waals surface area contributed by atoms with Gasteiger partial charge in [0.25, 0.3) is 0 Å². The van der Waals surface area contributed by atoms with Crippen LogP contribution in [0.2, 0.25) is 0 Å². The number of ketones is 1. The third-order valence-electron chi connectivity index (χ3n) is 4.89. The van der Waals surface area contributed by atoms with Crippen molar-refractivity contribution in [1.29, 1.82) is 0 Å². The second-order valence-corrected chi connectivity index (χ2v) is 8.38. The van der Waals surface area contributed by atoms with Gasteiger partial charge in [0.2, 0.25) is 0 Å². The highest BCUT2D eigenvalue weighted by atomic mass is 16.5. The van der Waals surface area contributed by atoms with Gasteiger partial charge in [-0.05, 0) is 49.4 Å². The van der Waals surface area contributed by atoms with E-state index >= 15 is 0 Å². The molecule has 0 N–H and O–H groups in total. The van der Waals surface area contributed by atoms with Crippen LogP contribution in [0.25, 0.3) is 0 Å². The van der Waals surface area contributed by atoms with Crippen molar-refractivity contribution in [3.63, 3.8) is 0 Å². The van der Waals surface area contributed by atoms with Crippen molar-refractivity contribution in [2.24, 2.45) is 0 Å². The fourth-order valence-electron chi connectivity index (χ4n) is 3.22. The molecule has 3 aromatic rings. The zero-order valence-electron chi connectivity index (χ0n) is 21.8. The highest BCUT2D eigenvalue weighted by Gasteiger charge is 2.11. The lowest BCUT2D eigenvalue weighted by atomic mass is 10.1. The first-order chi connectivity index (χ1) is 16.5. The molecule has 2 aromatic carbocycles. The predicted molar refractivity (Wildman–Crippen MR) is 144 cm³/mol. The molecule has 34 heavy (non-hydrogen) atoms. The van der Waals surface area contributed by atoms with E-state index in [-0.39, 0.29) is 11.9 Å². The number of hydrogen-bond donors (Lipinski definition) is 0. The highest BCUT2D eigenvalue weighted by Crippen LogP contribution is 2.20. The Balaban J connectivity index is 0.000000347. The first-order valence-corrected chi connectivity index (χ1v) is 12.7. The molecule has 1 aromatic heterocycles. The third kappa shape index (κ3) is 13.1. The Morgan fingerprint density at radius 1 is 0.824 bits per heavy atom. The SMILES string of the molecule is CC(=O)CCc1ccccc1.CCC.CCCOC(CC)c1cccc(Cc2ccccc2)n1. The van der Waals surface area contributed by atoms with Gasteiger partial charge < -0.3 is 9.53 Å². The van der Waals surface area contributed by atoms with Crippen LogP contribution >= 0.6 is 0 Å². The summed E-state index contributed by atoms with van der Waals surface area (Å²) >= 11 is 0. The van der Waals surface area contributed by atoms with Crippen LogP contribution in [0.3, 0.4) is 0 Å².